The van der Waals surface area contributed by atoms with Crippen LogP contribution in [0.5, 0.6) is 5.75 Å². The first-order valence-corrected chi connectivity index (χ1v) is 7.21. The minimum Gasteiger partial charge on any atom is -0.423 e. The lowest BCUT2D eigenvalue weighted by atomic mass is 10.3. The lowest BCUT2D eigenvalue weighted by molar-refractivity contribution is -0.123. The molecule has 1 aromatic rings. The van der Waals surface area contributed by atoms with Crippen molar-refractivity contribution in [1.29, 1.82) is 0 Å². The van der Waals surface area contributed by atoms with Crippen LogP contribution in [0, 0.1) is 0 Å². The predicted molar refractivity (Wildman–Crippen MR) is 67.8 cm³/mol. The summed E-state index contributed by atoms with van der Waals surface area (Å²) >= 11 is 0. The standard InChI is InChI=1S/C12H17O5P/c1-10(13)11(2)16-18(14,9-15-3)17-12-7-5-4-6-8-12/h4-8,11H,9H2,1-3H3. The maximum absolute atomic E-state index is 12.4. The highest BCUT2D eigenvalue weighted by molar-refractivity contribution is 7.54. The number of ketones is 1. The number of ether oxygens (including phenoxy) is 1. The molecule has 0 N–H and O–H groups in total. The van der Waals surface area contributed by atoms with Gasteiger partial charge < -0.3 is 9.26 Å². The Morgan fingerprint density at radius 1 is 1.33 bits per heavy atom. The number of carbonyl (C=O) groups excluding carboxylic acids is 1. The van der Waals surface area contributed by atoms with E-state index < -0.39 is 13.7 Å². The number of hydrogen-bond donors (Lipinski definition) is 0. The Kier molecular flexibility index (Phi) is 5.54. The number of Topliss-reactive ketones (excluding diaryl/α,β-unsaturated/α-hetero) is 1. The molecule has 0 amide bonds. The molecule has 18 heavy (non-hydrogen) atoms. The van der Waals surface area contributed by atoms with Gasteiger partial charge >= 0.3 is 7.60 Å². The zero-order chi connectivity index (χ0) is 13.6. The minimum absolute atomic E-state index is 0.209. The number of carbonyl (C=O) groups is 1. The molecular formula is C12H17O5P. The van der Waals surface area contributed by atoms with Crippen molar-refractivity contribution in [1.82, 2.24) is 0 Å². The van der Waals surface area contributed by atoms with E-state index in [1.165, 1.54) is 21.0 Å². The quantitative estimate of drug-likeness (QED) is 0.714. The topological polar surface area (TPSA) is 61.8 Å². The van der Waals surface area contributed by atoms with Crippen LogP contribution in [-0.4, -0.2) is 25.3 Å². The first-order chi connectivity index (χ1) is 8.47. The van der Waals surface area contributed by atoms with E-state index in [-0.39, 0.29) is 12.1 Å². The Hall–Kier alpha value is -1.16. The Bertz CT molecular complexity index is 431. The Balaban J connectivity index is 2.80. The van der Waals surface area contributed by atoms with Crippen molar-refractivity contribution in [2.45, 2.75) is 20.0 Å². The molecule has 100 valence electrons. The van der Waals surface area contributed by atoms with Crippen LogP contribution in [0.4, 0.5) is 0 Å². The second-order valence-electron chi connectivity index (χ2n) is 3.79. The van der Waals surface area contributed by atoms with Crippen molar-refractivity contribution in [3.05, 3.63) is 30.3 Å². The van der Waals surface area contributed by atoms with Gasteiger partial charge in [-0.15, -0.1) is 0 Å². The number of para-hydroxylation sites is 1. The lowest BCUT2D eigenvalue weighted by Crippen LogP contribution is -2.19. The van der Waals surface area contributed by atoms with E-state index in [0.29, 0.717) is 5.75 Å². The summed E-state index contributed by atoms with van der Waals surface area (Å²) in [6.07, 6.45) is -1.01. The van der Waals surface area contributed by atoms with Gasteiger partial charge in [0.1, 0.15) is 11.9 Å². The molecule has 2 unspecified atom stereocenters. The van der Waals surface area contributed by atoms with Crippen LogP contribution in [0.3, 0.4) is 0 Å². The van der Waals surface area contributed by atoms with E-state index in [4.69, 9.17) is 13.8 Å². The fourth-order valence-electron chi connectivity index (χ4n) is 1.19. The van der Waals surface area contributed by atoms with Crippen LogP contribution < -0.4 is 4.52 Å². The summed E-state index contributed by atoms with van der Waals surface area (Å²) < 4.78 is 27.7. The van der Waals surface area contributed by atoms with E-state index in [1.807, 2.05) is 6.07 Å². The van der Waals surface area contributed by atoms with E-state index >= 15 is 0 Å². The Morgan fingerprint density at radius 3 is 2.44 bits per heavy atom. The Labute approximate surface area is 107 Å². The monoisotopic (exact) mass is 272 g/mol. The van der Waals surface area contributed by atoms with E-state index in [2.05, 4.69) is 0 Å². The number of benzene rings is 1. The van der Waals surface area contributed by atoms with Gasteiger partial charge in [-0.3, -0.25) is 9.32 Å². The summed E-state index contributed by atoms with van der Waals surface area (Å²) in [6, 6.07) is 8.63. The zero-order valence-corrected chi connectivity index (χ0v) is 11.6. The highest BCUT2D eigenvalue weighted by Crippen LogP contribution is 2.49. The molecule has 0 radical (unpaired) electrons. The molecule has 0 fully saturated rings. The van der Waals surface area contributed by atoms with Crippen molar-refractivity contribution in [2.24, 2.45) is 0 Å². The van der Waals surface area contributed by atoms with Crippen LogP contribution >= 0.6 is 7.60 Å². The summed E-state index contributed by atoms with van der Waals surface area (Å²) in [5, 5.41) is 0. The van der Waals surface area contributed by atoms with E-state index in [1.54, 1.807) is 24.3 Å². The van der Waals surface area contributed by atoms with Gasteiger partial charge in [0.2, 0.25) is 0 Å². The van der Waals surface area contributed by atoms with Crippen molar-refractivity contribution in [2.75, 3.05) is 13.5 Å². The maximum atomic E-state index is 12.4. The third-order valence-corrected chi connectivity index (χ3v) is 3.87. The van der Waals surface area contributed by atoms with Crippen LogP contribution in [-0.2, 0) is 18.6 Å². The molecule has 2 atom stereocenters. The SMILES string of the molecule is COCP(=O)(Oc1ccccc1)OC(C)C(C)=O. The molecule has 5 nitrogen and oxygen atoms in total. The fraction of sp³-hybridized carbons (Fsp3) is 0.417. The van der Waals surface area contributed by atoms with Crippen molar-refractivity contribution >= 4 is 13.4 Å². The molecular weight excluding hydrogens is 255 g/mol. The summed E-state index contributed by atoms with van der Waals surface area (Å²) in [4.78, 5) is 11.1. The van der Waals surface area contributed by atoms with Gasteiger partial charge in [-0.2, -0.15) is 0 Å². The summed E-state index contributed by atoms with van der Waals surface area (Å²) in [7, 11) is -2.10. The number of methoxy groups -OCH3 is 1. The van der Waals surface area contributed by atoms with Crippen LogP contribution in [0.2, 0.25) is 0 Å². The molecule has 0 saturated heterocycles. The van der Waals surface area contributed by atoms with Crippen molar-refractivity contribution in [3.8, 4) is 5.75 Å². The largest absolute Gasteiger partial charge is 0.423 e. The van der Waals surface area contributed by atoms with Crippen molar-refractivity contribution in [3.63, 3.8) is 0 Å². The third-order valence-electron chi connectivity index (χ3n) is 2.17. The average molecular weight is 272 g/mol. The highest BCUT2D eigenvalue weighted by Gasteiger charge is 2.30. The third kappa shape index (κ3) is 4.61. The fourth-order valence-corrected chi connectivity index (χ4v) is 2.74. The van der Waals surface area contributed by atoms with Gasteiger partial charge in [-0.1, -0.05) is 18.2 Å². The van der Waals surface area contributed by atoms with Gasteiger partial charge in [0.25, 0.3) is 0 Å². The summed E-state index contributed by atoms with van der Waals surface area (Å²) in [5.41, 5.74) is 0. The molecule has 0 bridgehead atoms. The first kappa shape index (κ1) is 14.9. The molecule has 1 aromatic carbocycles. The van der Waals surface area contributed by atoms with Gasteiger partial charge in [-0.25, -0.2) is 4.57 Å². The van der Waals surface area contributed by atoms with Crippen LogP contribution in [0.1, 0.15) is 13.8 Å². The minimum atomic E-state index is -3.49. The molecule has 0 spiro atoms. The van der Waals surface area contributed by atoms with Crippen LogP contribution in [0.25, 0.3) is 0 Å². The summed E-state index contributed by atoms with van der Waals surface area (Å²) in [6.45, 7) is 2.89. The number of hydrogen-bond acceptors (Lipinski definition) is 5. The smallest absolute Gasteiger partial charge is 0.405 e. The average Bonchev–Trinajstić information content (AvgIpc) is 2.29. The van der Waals surface area contributed by atoms with Crippen LogP contribution in [0.15, 0.2) is 30.3 Å². The van der Waals surface area contributed by atoms with Gasteiger partial charge in [0, 0.05) is 7.11 Å². The normalized spacial score (nSPS) is 15.7. The van der Waals surface area contributed by atoms with E-state index in [9.17, 15) is 9.36 Å². The molecule has 0 aliphatic rings. The van der Waals surface area contributed by atoms with E-state index in [0.717, 1.165) is 0 Å². The molecule has 0 saturated carbocycles. The Morgan fingerprint density at radius 2 is 1.94 bits per heavy atom. The first-order valence-electron chi connectivity index (χ1n) is 5.48. The van der Waals surface area contributed by atoms with Crippen molar-refractivity contribution < 1.29 is 23.1 Å². The molecule has 6 heteroatoms. The molecule has 0 aliphatic heterocycles. The molecule has 1 rings (SSSR count). The molecule has 0 aromatic heterocycles. The number of rotatable bonds is 7. The second kappa shape index (κ2) is 6.69. The molecule has 0 aliphatic carbocycles. The summed E-state index contributed by atoms with van der Waals surface area (Å²) in [5.74, 6) is 0.191. The van der Waals surface area contributed by atoms with Gasteiger partial charge in [0.15, 0.2) is 12.1 Å². The van der Waals surface area contributed by atoms with Gasteiger partial charge in [-0.05, 0) is 26.0 Å². The highest BCUT2D eigenvalue weighted by atomic mass is 31.2. The maximum Gasteiger partial charge on any atom is 0.405 e. The predicted octanol–water partition coefficient (Wildman–Crippen LogP) is 2.86. The second-order valence-corrected chi connectivity index (χ2v) is 5.66. The lowest BCUT2D eigenvalue weighted by Gasteiger charge is -2.21. The molecule has 0 heterocycles. The zero-order valence-electron chi connectivity index (χ0n) is 10.7. The van der Waals surface area contributed by atoms with Gasteiger partial charge in [0.05, 0.1) is 0 Å².